The van der Waals surface area contributed by atoms with Gasteiger partial charge in [0.15, 0.2) is 5.16 Å². The first kappa shape index (κ1) is 13.4. The summed E-state index contributed by atoms with van der Waals surface area (Å²) in [6.07, 6.45) is 2.40. The molecule has 6 heteroatoms. The van der Waals surface area contributed by atoms with E-state index in [4.69, 9.17) is 4.74 Å². The normalized spacial score (nSPS) is 15.1. The maximum atomic E-state index is 11.4. The maximum absolute atomic E-state index is 11.4. The number of hydrogen-bond donors (Lipinski definition) is 0. The summed E-state index contributed by atoms with van der Waals surface area (Å²) in [4.78, 5) is 11.4. The number of ether oxygens (including phenoxy) is 1. The molecule has 2 rings (SSSR count). The van der Waals surface area contributed by atoms with Crippen molar-refractivity contribution in [1.82, 2.24) is 14.8 Å². The van der Waals surface area contributed by atoms with E-state index in [1.165, 1.54) is 24.6 Å². The molecule has 1 heterocycles. The fourth-order valence-electron chi connectivity index (χ4n) is 1.82. The van der Waals surface area contributed by atoms with Gasteiger partial charge in [-0.1, -0.05) is 11.8 Å². The molecular weight excluding hydrogens is 250 g/mol. The molecule has 0 amide bonds. The van der Waals surface area contributed by atoms with Gasteiger partial charge in [0, 0.05) is 12.0 Å². The molecule has 1 aromatic rings. The SMILES string of the molecule is CCOC(=O)CSc1nnc(C2CC2)n1C(C)C. The summed E-state index contributed by atoms with van der Waals surface area (Å²) < 4.78 is 7.05. The standard InChI is InChI=1S/C12H19N3O2S/c1-4-17-10(16)7-18-12-14-13-11(9-5-6-9)15(12)8(2)3/h8-9H,4-7H2,1-3H3. The van der Waals surface area contributed by atoms with Crippen LogP contribution in [0.25, 0.3) is 0 Å². The minimum absolute atomic E-state index is 0.200. The maximum Gasteiger partial charge on any atom is 0.316 e. The van der Waals surface area contributed by atoms with E-state index >= 15 is 0 Å². The third-order valence-corrected chi connectivity index (χ3v) is 3.69. The van der Waals surface area contributed by atoms with E-state index in [0.29, 0.717) is 24.3 Å². The Hall–Kier alpha value is -1.04. The van der Waals surface area contributed by atoms with Crippen LogP contribution in [0, 0.1) is 0 Å². The lowest BCUT2D eigenvalue weighted by Crippen LogP contribution is -2.10. The van der Waals surface area contributed by atoms with E-state index < -0.39 is 0 Å². The van der Waals surface area contributed by atoms with Crippen LogP contribution in [0.15, 0.2) is 5.16 Å². The van der Waals surface area contributed by atoms with Crippen LogP contribution in [0.2, 0.25) is 0 Å². The number of thioether (sulfide) groups is 1. The van der Waals surface area contributed by atoms with Gasteiger partial charge in [-0.25, -0.2) is 0 Å². The second-order valence-corrected chi connectivity index (χ2v) is 5.61. The molecule has 0 bridgehead atoms. The van der Waals surface area contributed by atoms with Gasteiger partial charge in [-0.2, -0.15) is 0 Å². The van der Waals surface area contributed by atoms with Crippen molar-refractivity contribution in [1.29, 1.82) is 0 Å². The fourth-order valence-corrected chi connectivity index (χ4v) is 2.69. The zero-order chi connectivity index (χ0) is 13.1. The molecule has 0 aromatic carbocycles. The van der Waals surface area contributed by atoms with Gasteiger partial charge in [-0.3, -0.25) is 4.79 Å². The van der Waals surface area contributed by atoms with Crippen molar-refractivity contribution in [3.63, 3.8) is 0 Å². The molecule has 1 aliphatic carbocycles. The Morgan fingerprint density at radius 3 is 2.78 bits per heavy atom. The van der Waals surface area contributed by atoms with Gasteiger partial charge in [0.05, 0.1) is 12.4 Å². The number of aromatic nitrogens is 3. The number of esters is 1. The Bertz CT molecular complexity index is 427. The molecule has 1 aromatic heterocycles. The van der Waals surface area contributed by atoms with Crippen LogP contribution < -0.4 is 0 Å². The lowest BCUT2D eigenvalue weighted by Gasteiger charge is -2.13. The minimum Gasteiger partial charge on any atom is -0.465 e. The Morgan fingerprint density at radius 2 is 2.22 bits per heavy atom. The smallest absolute Gasteiger partial charge is 0.316 e. The highest BCUT2D eigenvalue weighted by atomic mass is 32.2. The molecule has 0 aliphatic heterocycles. The lowest BCUT2D eigenvalue weighted by atomic mass is 10.3. The molecule has 0 saturated heterocycles. The molecule has 1 saturated carbocycles. The van der Waals surface area contributed by atoms with Gasteiger partial charge in [-0.15, -0.1) is 10.2 Å². The molecule has 1 aliphatic rings. The fraction of sp³-hybridized carbons (Fsp3) is 0.750. The highest BCUT2D eigenvalue weighted by Crippen LogP contribution is 2.41. The second-order valence-electron chi connectivity index (χ2n) is 4.67. The van der Waals surface area contributed by atoms with Crippen LogP contribution in [0.3, 0.4) is 0 Å². The summed E-state index contributed by atoms with van der Waals surface area (Å²) >= 11 is 1.40. The van der Waals surface area contributed by atoms with Crippen LogP contribution in [0.1, 0.15) is 51.4 Å². The lowest BCUT2D eigenvalue weighted by molar-refractivity contribution is -0.139. The number of nitrogens with zero attached hydrogens (tertiary/aromatic N) is 3. The van der Waals surface area contributed by atoms with E-state index in [2.05, 4.69) is 28.6 Å². The highest BCUT2D eigenvalue weighted by molar-refractivity contribution is 7.99. The van der Waals surface area contributed by atoms with Gasteiger partial charge in [0.1, 0.15) is 5.82 Å². The average molecular weight is 269 g/mol. The van der Waals surface area contributed by atoms with Gasteiger partial charge >= 0.3 is 5.97 Å². The topological polar surface area (TPSA) is 57.0 Å². The molecule has 18 heavy (non-hydrogen) atoms. The molecule has 0 atom stereocenters. The zero-order valence-corrected chi connectivity index (χ0v) is 11.9. The van der Waals surface area contributed by atoms with Gasteiger partial charge < -0.3 is 9.30 Å². The molecule has 0 radical (unpaired) electrons. The molecule has 1 fully saturated rings. The highest BCUT2D eigenvalue weighted by Gasteiger charge is 2.31. The predicted molar refractivity (Wildman–Crippen MR) is 69.7 cm³/mol. The first-order valence-electron chi connectivity index (χ1n) is 6.36. The second kappa shape index (κ2) is 5.73. The van der Waals surface area contributed by atoms with Gasteiger partial charge in [0.25, 0.3) is 0 Å². The summed E-state index contributed by atoms with van der Waals surface area (Å²) in [6, 6.07) is 0.320. The Labute approximate surface area is 111 Å². The summed E-state index contributed by atoms with van der Waals surface area (Å²) in [6.45, 7) is 6.46. The first-order valence-corrected chi connectivity index (χ1v) is 7.35. The van der Waals surface area contributed by atoms with Crippen LogP contribution in [0.5, 0.6) is 0 Å². The summed E-state index contributed by atoms with van der Waals surface area (Å²) in [7, 11) is 0. The van der Waals surface area contributed by atoms with Crippen molar-refractivity contribution in [2.75, 3.05) is 12.4 Å². The van der Waals surface area contributed by atoms with Crippen LogP contribution >= 0.6 is 11.8 Å². The van der Waals surface area contributed by atoms with E-state index in [9.17, 15) is 4.79 Å². The van der Waals surface area contributed by atoms with Crippen molar-refractivity contribution in [2.24, 2.45) is 0 Å². The third kappa shape index (κ3) is 3.04. The van der Waals surface area contributed by atoms with Gasteiger partial charge in [-0.05, 0) is 33.6 Å². The summed E-state index contributed by atoms with van der Waals surface area (Å²) in [5, 5.41) is 9.28. The number of carbonyl (C=O) groups is 1. The van der Waals surface area contributed by atoms with E-state index in [1.807, 2.05) is 6.92 Å². The van der Waals surface area contributed by atoms with Crippen molar-refractivity contribution in [3.05, 3.63) is 5.82 Å². The van der Waals surface area contributed by atoms with Crippen molar-refractivity contribution < 1.29 is 9.53 Å². The third-order valence-electron chi connectivity index (χ3n) is 2.77. The zero-order valence-electron chi connectivity index (χ0n) is 11.0. The number of rotatable bonds is 6. The van der Waals surface area contributed by atoms with Crippen molar-refractivity contribution in [2.45, 2.75) is 50.7 Å². The summed E-state index contributed by atoms with van der Waals surface area (Å²) in [5.41, 5.74) is 0. The van der Waals surface area contributed by atoms with E-state index in [1.54, 1.807) is 0 Å². The van der Waals surface area contributed by atoms with E-state index in [0.717, 1.165) is 11.0 Å². The first-order chi connectivity index (χ1) is 8.63. The van der Waals surface area contributed by atoms with E-state index in [-0.39, 0.29) is 5.97 Å². The van der Waals surface area contributed by atoms with Crippen molar-refractivity contribution in [3.8, 4) is 0 Å². The quantitative estimate of drug-likeness (QED) is 0.586. The van der Waals surface area contributed by atoms with Crippen molar-refractivity contribution >= 4 is 17.7 Å². The number of carbonyl (C=O) groups excluding carboxylic acids is 1. The molecule has 0 N–H and O–H groups in total. The van der Waals surface area contributed by atoms with Crippen LogP contribution in [-0.2, 0) is 9.53 Å². The average Bonchev–Trinajstić information content (AvgIpc) is 3.07. The Balaban J connectivity index is 2.05. The minimum atomic E-state index is -0.200. The van der Waals surface area contributed by atoms with Crippen LogP contribution in [-0.4, -0.2) is 33.1 Å². The summed E-state index contributed by atoms with van der Waals surface area (Å²) in [5.74, 6) is 1.73. The van der Waals surface area contributed by atoms with Gasteiger partial charge in [0.2, 0.25) is 0 Å². The van der Waals surface area contributed by atoms with Crippen LogP contribution in [0.4, 0.5) is 0 Å². The molecule has 5 nitrogen and oxygen atoms in total. The Morgan fingerprint density at radius 1 is 1.50 bits per heavy atom. The Kier molecular flexibility index (Phi) is 4.27. The monoisotopic (exact) mass is 269 g/mol. The molecule has 100 valence electrons. The predicted octanol–water partition coefficient (Wildman–Crippen LogP) is 2.39. The molecular formula is C12H19N3O2S. The largest absolute Gasteiger partial charge is 0.465 e. The molecule has 0 unspecified atom stereocenters. The number of hydrogen-bond acceptors (Lipinski definition) is 5. The molecule has 0 spiro atoms.